The fraction of sp³-hybridized carbons (Fsp3) is 0.294. The largest absolute Gasteiger partial charge is 0.508 e. The summed E-state index contributed by atoms with van der Waals surface area (Å²) >= 11 is 0. The standard InChI is InChI=1S/C17H20O/c1-2-3-10-15-11-7-12-17(18)16(15)13-14-8-5-4-6-9-14/h4-9,11-12,18H,2-3,10,13H2,1H3. The van der Waals surface area contributed by atoms with Crippen molar-refractivity contribution >= 4 is 0 Å². The van der Waals surface area contributed by atoms with Crippen LogP contribution in [0.1, 0.15) is 36.5 Å². The van der Waals surface area contributed by atoms with Crippen molar-refractivity contribution in [2.75, 3.05) is 0 Å². The smallest absolute Gasteiger partial charge is 0.119 e. The zero-order chi connectivity index (χ0) is 12.8. The average molecular weight is 240 g/mol. The molecule has 0 aliphatic carbocycles. The molecule has 0 bridgehead atoms. The van der Waals surface area contributed by atoms with Gasteiger partial charge < -0.3 is 5.11 Å². The highest BCUT2D eigenvalue weighted by Gasteiger charge is 2.08. The van der Waals surface area contributed by atoms with E-state index < -0.39 is 0 Å². The minimum atomic E-state index is 0.424. The first-order valence-electron chi connectivity index (χ1n) is 6.65. The van der Waals surface area contributed by atoms with Crippen molar-refractivity contribution in [3.8, 4) is 5.75 Å². The Morgan fingerprint density at radius 2 is 1.72 bits per heavy atom. The maximum absolute atomic E-state index is 10.1. The molecule has 2 aromatic rings. The number of unbranched alkanes of at least 4 members (excludes halogenated alkanes) is 1. The van der Waals surface area contributed by atoms with Gasteiger partial charge in [-0.15, -0.1) is 0 Å². The highest BCUT2D eigenvalue weighted by atomic mass is 16.3. The van der Waals surface area contributed by atoms with Gasteiger partial charge in [-0.1, -0.05) is 55.8 Å². The number of hydrogen-bond donors (Lipinski definition) is 1. The molecule has 18 heavy (non-hydrogen) atoms. The van der Waals surface area contributed by atoms with Gasteiger partial charge in [-0.3, -0.25) is 0 Å². The van der Waals surface area contributed by atoms with Crippen molar-refractivity contribution in [1.82, 2.24) is 0 Å². The number of phenols is 1. The van der Waals surface area contributed by atoms with E-state index in [1.807, 2.05) is 24.3 Å². The van der Waals surface area contributed by atoms with E-state index in [1.54, 1.807) is 6.07 Å². The number of hydrogen-bond acceptors (Lipinski definition) is 1. The molecule has 0 aromatic heterocycles. The summed E-state index contributed by atoms with van der Waals surface area (Å²) in [5, 5.41) is 10.1. The first-order chi connectivity index (χ1) is 8.81. The van der Waals surface area contributed by atoms with Crippen molar-refractivity contribution in [2.24, 2.45) is 0 Å². The van der Waals surface area contributed by atoms with Gasteiger partial charge in [-0.2, -0.15) is 0 Å². The van der Waals surface area contributed by atoms with Crippen LogP contribution in [0.3, 0.4) is 0 Å². The van der Waals surface area contributed by atoms with E-state index in [0.717, 1.165) is 18.4 Å². The Labute approximate surface area is 109 Å². The molecular formula is C17H20O. The van der Waals surface area contributed by atoms with Crippen LogP contribution >= 0.6 is 0 Å². The molecule has 0 saturated heterocycles. The van der Waals surface area contributed by atoms with Gasteiger partial charge in [0.2, 0.25) is 0 Å². The fourth-order valence-electron chi connectivity index (χ4n) is 2.23. The zero-order valence-corrected chi connectivity index (χ0v) is 10.9. The Balaban J connectivity index is 2.25. The Bertz CT molecular complexity index is 488. The summed E-state index contributed by atoms with van der Waals surface area (Å²) in [5.74, 6) is 0.424. The van der Waals surface area contributed by atoms with E-state index in [0.29, 0.717) is 5.75 Å². The molecule has 0 atom stereocenters. The Morgan fingerprint density at radius 3 is 2.44 bits per heavy atom. The third-order valence-corrected chi connectivity index (χ3v) is 3.27. The van der Waals surface area contributed by atoms with Crippen molar-refractivity contribution < 1.29 is 5.11 Å². The van der Waals surface area contributed by atoms with Crippen LogP contribution in [-0.4, -0.2) is 5.11 Å². The van der Waals surface area contributed by atoms with E-state index in [4.69, 9.17) is 0 Å². The quantitative estimate of drug-likeness (QED) is 0.825. The summed E-state index contributed by atoms with van der Waals surface area (Å²) < 4.78 is 0. The second-order valence-electron chi connectivity index (χ2n) is 4.68. The van der Waals surface area contributed by atoms with Crippen LogP contribution in [-0.2, 0) is 12.8 Å². The van der Waals surface area contributed by atoms with E-state index in [9.17, 15) is 5.11 Å². The molecule has 1 heteroatoms. The molecule has 2 rings (SSSR count). The van der Waals surface area contributed by atoms with Gasteiger partial charge in [0.05, 0.1) is 0 Å². The molecule has 0 saturated carbocycles. The minimum absolute atomic E-state index is 0.424. The van der Waals surface area contributed by atoms with Gasteiger partial charge >= 0.3 is 0 Å². The van der Waals surface area contributed by atoms with Gasteiger partial charge in [-0.25, -0.2) is 0 Å². The van der Waals surface area contributed by atoms with Crippen LogP contribution in [0.25, 0.3) is 0 Å². The SMILES string of the molecule is CCCCc1cccc(O)c1Cc1ccccc1. The van der Waals surface area contributed by atoms with E-state index in [2.05, 4.69) is 25.1 Å². The maximum atomic E-state index is 10.1. The number of benzene rings is 2. The number of aromatic hydroxyl groups is 1. The number of phenolic OH excluding ortho intramolecular Hbond substituents is 1. The molecule has 0 aliphatic heterocycles. The van der Waals surface area contributed by atoms with Crippen LogP contribution < -0.4 is 0 Å². The van der Waals surface area contributed by atoms with Crippen molar-refractivity contribution in [3.63, 3.8) is 0 Å². The topological polar surface area (TPSA) is 20.2 Å². The lowest BCUT2D eigenvalue weighted by atomic mass is 9.95. The molecule has 0 aliphatic rings. The zero-order valence-electron chi connectivity index (χ0n) is 10.9. The lowest BCUT2D eigenvalue weighted by Gasteiger charge is -2.11. The lowest BCUT2D eigenvalue weighted by molar-refractivity contribution is 0.468. The molecule has 0 fully saturated rings. The molecule has 0 radical (unpaired) electrons. The van der Waals surface area contributed by atoms with Crippen LogP contribution in [0, 0.1) is 0 Å². The van der Waals surface area contributed by atoms with Crippen LogP contribution in [0.4, 0.5) is 0 Å². The van der Waals surface area contributed by atoms with Gasteiger partial charge in [0, 0.05) is 12.0 Å². The van der Waals surface area contributed by atoms with E-state index in [-0.39, 0.29) is 0 Å². The summed E-state index contributed by atoms with van der Waals surface area (Å²) in [6.07, 6.45) is 4.21. The van der Waals surface area contributed by atoms with E-state index in [1.165, 1.54) is 24.0 Å². The van der Waals surface area contributed by atoms with Gasteiger partial charge in [0.25, 0.3) is 0 Å². The third-order valence-electron chi connectivity index (χ3n) is 3.27. The highest BCUT2D eigenvalue weighted by molar-refractivity contribution is 5.42. The maximum Gasteiger partial charge on any atom is 0.119 e. The summed E-state index contributed by atoms with van der Waals surface area (Å²) in [4.78, 5) is 0. The van der Waals surface area contributed by atoms with Crippen LogP contribution in [0.15, 0.2) is 48.5 Å². The van der Waals surface area contributed by atoms with E-state index >= 15 is 0 Å². The normalized spacial score (nSPS) is 10.5. The van der Waals surface area contributed by atoms with Crippen LogP contribution in [0.2, 0.25) is 0 Å². The molecule has 0 heterocycles. The summed E-state index contributed by atoms with van der Waals surface area (Å²) in [7, 11) is 0. The van der Waals surface area contributed by atoms with Gasteiger partial charge in [0.15, 0.2) is 0 Å². The molecule has 0 amide bonds. The Hall–Kier alpha value is -1.76. The molecule has 1 nitrogen and oxygen atoms in total. The first-order valence-corrected chi connectivity index (χ1v) is 6.65. The molecule has 0 spiro atoms. The first kappa shape index (κ1) is 12.7. The predicted molar refractivity (Wildman–Crippen MR) is 76.0 cm³/mol. The van der Waals surface area contributed by atoms with Crippen molar-refractivity contribution in [2.45, 2.75) is 32.6 Å². The molecular weight excluding hydrogens is 220 g/mol. The average Bonchev–Trinajstić information content (AvgIpc) is 2.41. The summed E-state index contributed by atoms with van der Waals surface area (Å²) in [6.45, 7) is 2.19. The highest BCUT2D eigenvalue weighted by Crippen LogP contribution is 2.25. The fourth-order valence-corrected chi connectivity index (χ4v) is 2.23. The number of rotatable bonds is 5. The summed E-state index contributed by atoms with van der Waals surface area (Å²) in [6, 6.07) is 16.2. The summed E-state index contributed by atoms with van der Waals surface area (Å²) in [5.41, 5.74) is 3.61. The minimum Gasteiger partial charge on any atom is -0.508 e. The number of aryl methyl sites for hydroxylation is 1. The monoisotopic (exact) mass is 240 g/mol. The Morgan fingerprint density at radius 1 is 0.944 bits per heavy atom. The molecule has 2 aromatic carbocycles. The molecule has 0 unspecified atom stereocenters. The lowest BCUT2D eigenvalue weighted by Crippen LogP contribution is -1.96. The van der Waals surface area contributed by atoms with Crippen LogP contribution in [0.5, 0.6) is 5.75 Å². The van der Waals surface area contributed by atoms with Crippen molar-refractivity contribution in [1.29, 1.82) is 0 Å². The predicted octanol–water partition coefficient (Wildman–Crippen LogP) is 4.33. The Kier molecular flexibility index (Phi) is 4.40. The van der Waals surface area contributed by atoms with Gasteiger partial charge in [0.1, 0.15) is 5.75 Å². The molecule has 1 N–H and O–H groups in total. The third kappa shape index (κ3) is 3.13. The second kappa shape index (κ2) is 6.25. The van der Waals surface area contributed by atoms with Gasteiger partial charge in [-0.05, 0) is 30.0 Å². The van der Waals surface area contributed by atoms with Crippen molar-refractivity contribution in [3.05, 3.63) is 65.2 Å². The second-order valence-corrected chi connectivity index (χ2v) is 4.68. The molecule has 94 valence electrons.